The molecule has 0 aliphatic carbocycles. The summed E-state index contributed by atoms with van der Waals surface area (Å²) in [6.07, 6.45) is 0. The maximum atomic E-state index is 6.49. The first kappa shape index (κ1) is 18.2. The smallest absolute Gasteiger partial charge is 0.128 e. The van der Waals surface area contributed by atoms with E-state index in [2.05, 4.69) is 9.47 Å². The van der Waals surface area contributed by atoms with E-state index in [1.165, 1.54) is 0 Å². The van der Waals surface area contributed by atoms with Crippen LogP contribution < -0.4 is 0 Å². The fourth-order valence-electron chi connectivity index (χ4n) is 3.50. The van der Waals surface area contributed by atoms with Crippen LogP contribution in [0.5, 0.6) is 0 Å². The number of benzene rings is 2. The highest BCUT2D eigenvalue weighted by molar-refractivity contribution is 6.36. The van der Waals surface area contributed by atoms with Crippen molar-refractivity contribution >= 4 is 28.9 Å². The van der Waals surface area contributed by atoms with Crippen molar-refractivity contribution in [3.05, 3.63) is 80.8 Å². The van der Waals surface area contributed by atoms with Gasteiger partial charge in [0, 0.05) is 21.2 Å². The zero-order chi connectivity index (χ0) is 19.1. The number of aliphatic imine (C=N–C) groups is 1. The number of nitrogens with zero attached hydrogens (tertiary/aromatic N) is 4. The molecule has 2 heterocycles. The standard InChI is InChI=1S/C21H20Cl2N4/c1-13-19-11-24-21(15-6-4-5-7-17(15)23)16-10-14(22)8-9-18(16)27(19)20(25-13)12-26(2)3/h4-10H,11-12H2,1-3H3. The summed E-state index contributed by atoms with van der Waals surface area (Å²) in [5.41, 5.74) is 5.86. The summed E-state index contributed by atoms with van der Waals surface area (Å²) in [6.45, 7) is 3.32. The number of hydrogen-bond acceptors (Lipinski definition) is 3. The molecule has 0 unspecified atom stereocenters. The minimum absolute atomic E-state index is 0.541. The lowest BCUT2D eigenvalue weighted by molar-refractivity contribution is 0.387. The van der Waals surface area contributed by atoms with Crippen molar-refractivity contribution in [2.45, 2.75) is 20.0 Å². The molecule has 6 heteroatoms. The average molecular weight is 399 g/mol. The summed E-state index contributed by atoms with van der Waals surface area (Å²) in [6, 6.07) is 13.7. The maximum Gasteiger partial charge on any atom is 0.128 e. The zero-order valence-corrected chi connectivity index (χ0v) is 17.0. The summed E-state index contributed by atoms with van der Waals surface area (Å²) >= 11 is 12.9. The number of rotatable bonds is 3. The Morgan fingerprint density at radius 1 is 1.07 bits per heavy atom. The van der Waals surface area contributed by atoms with E-state index in [1.54, 1.807) is 0 Å². The Morgan fingerprint density at radius 3 is 2.59 bits per heavy atom. The first-order valence-electron chi connectivity index (χ1n) is 8.77. The average Bonchev–Trinajstić information content (AvgIpc) is 2.82. The van der Waals surface area contributed by atoms with E-state index in [-0.39, 0.29) is 0 Å². The summed E-state index contributed by atoms with van der Waals surface area (Å²) in [4.78, 5) is 11.9. The van der Waals surface area contributed by atoms with Crippen LogP contribution in [0.1, 0.15) is 28.3 Å². The Kier molecular flexibility index (Phi) is 4.81. The maximum absolute atomic E-state index is 6.49. The van der Waals surface area contributed by atoms with Gasteiger partial charge in [-0.3, -0.25) is 9.56 Å². The lowest BCUT2D eigenvalue weighted by atomic mass is 10.0. The van der Waals surface area contributed by atoms with Gasteiger partial charge in [-0.2, -0.15) is 0 Å². The van der Waals surface area contributed by atoms with E-state index in [0.29, 0.717) is 16.6 Å². The molecular formula is C21H20Cl2N4. The van der Waals surface area contributed by atoms with Crippen molar-refractivity contribution in [1.29, 1.82) is 0 Å². The Labute approximate surface area is 169 Å². The third-order valence-electron chi connectivity index (χ3n) is 4.67. The molecule has 0 radical (unpaired) electrons. The number of fused-ring (bicyclic) bond motifs is 3. The molecule has 0 bridgehead atoms. The van der Waals surface area contributed by atoms with Gasteiger partial charge in [-0.05, 0) is 45.3 Å². The van der Waals surface area contributed by atoms with Gasteiger partial charge in [0.15, 0.2) is 0 Å². The van der Waals surface area contributed by atoms with Gasteiger partial charge in [-0.25, -0.2) is 4.98 Å². The molecule has 1 aliphatic rings. The van der Waals surface area contributed by atoms with Gasteiger partial charge in [-0.1, -0.05) is 41.4 Å². The molecule has 1 aliphatic heterocycles. The minimum atomic E-state index is 0.541. The predicted octanol–water partition coefficient (Wildman–Crippen LogP) is 4.90. The Bertz CT molecular complexity index is 1050. The van der Waals surface area contributed by atoms with Crippen molar-refractivity contribution in [2.24, 2.45) is 4.99 Å². The fourth-order valence-corrected chi connectivity index (χ4v) is 3.90. The van der Waals surface area contributed by atoms with E-state index in [1.807, 2.05) is 63.5 Å². The van der Waals surface area contributed by atoms with Crippen LogP contribution in [0, 0.1) is 6.92 Å². The summed E-state index contributed by atoms with van der Waals surface area (Å²) < 4.78 is 2.22. The molecule has 138 valence electrons. The van der Waals surface area contributed by atoms with Crippen molar-refractivity contribution in [3.8, 4) is 5.69 Å². The molecule has 4 nitrogen and oxygen atoms in total. The number of halogens is 2. The Balaban J connectivity index is 1.99. The Hall–Kier alpha value is -2.14. The predicted molar refractivity (Wildman–Crippen MR) is 111 cm³/mol. The van der Waals surface area contributed by atoms with Crippen LogP contribution in [0.4, 0.5) is 0 Å². The second kappa shape index (κ2) is 7.12. The van der Waals surface area contributed by atoms with Crippen molar-refractivity contribution < 1.29 is 0 Å². The molecule has 0 saturated carbocycles. The highest BCUT2D eigenvalue weighted by Gasteiger charge is 2.24. The van der Waals surface area contributed by atoms with Gasteiger partial charge in [0.25, 0.3) is 0 Å². The molecular weight excluding hydrogens is 379 g/mol. The Morgan fingerprint density at radius 2 is 1.85 bits per heavy atom. The summed E-state index contributed by atoms with van der Waals surface area (Å²) in [5, 5.41) is 1.35. The molecule has 3 aromatic rings. The van der Waals surface area contributed by atoms with Crippen LogP contribution in [0.15, 0.2) is 47.5 Å². The number of aromatic nitrogens is 2. The van der Waals surface area contributed by atoms with Crippen LogP contribution in [0.3, 0.4) is 0 Å². The van der Waals surface area contributed by atoms with Gasteiger partial charge < -0.3 is 4.90 Å². The lowest BCUT2D eigenvalue weighted by Gasteiger charge is -2.17. The van der Waals surface area contributed by atoms with Crippen LogP contribution in [-0.4, -0.2) is 34.3 Å². The first-order valence-corrected chi connectivity index (χ1v) is 9.52. The highest BCUT2D eigenvalue weighted by Crippen LogP contribution is 2.32. The van der Waals surface area contributed by atoms with Gasteiger partial charge in [0.05, 0.1) is 35.9 Å². The molecule has 0 amide bonds. The topological polar surface area (TPSA) is 33.4 Å². The van der Waals surface area contributed by atoms with Gasteiger partial charge >= 0.3 is 0 Å². The summed E-state index contributed by atoms with van der Waals surface area (Å²) in [5.74, 6) is 0.992. The number of imidazole rings is 1. The first-order chi connectivity index (χ1) is 13.0. The SMILES string of the molecule is Cc1nc(CN(C)C)n2c1CN=C(c1ccccc1Cl)c1cc(Cl)ccc1-2. The largest absolute Gasteiger partial charge is 0.302 e. The molecule has 1 aromatic heterocycles. The molecule has 0 atom stereocenters. The molecule has 27 heavy (non-hydrogen) atoms. The van der Waals surface area contributed by atoms with E-state index < -0.39 is 0 Å². The van der Waals surface area contributed by atoms with E-state index >= 15 is 0 Å². The second-order valence-corrected chi connectivity index (χ2v) is 7.78. The number of aryl methyl sites for hydroxylation is 1. The van der Waals surface area contributed by atoms with Crippen molar-refractivity contribution in [1.82, 2.24) is 14.5 Å². The van der Waals surface area contributed by atoms with Gasteiger partial charge in [0.1, 0.15) is 5.82 Å². The van der Waals surface area contributed by atoms with E-state index in [9.17, 15) is 0 Å². The molecule has 4 rings (SSSR count). The van der Waals surface area contributed by atoms with Crippen LogP contribution in [-0.2, 0) is 13.1 Å². The van der Waals surface area contributed by atoms with Crippen LogP contribution in [0.2, 0.25) is 10.0 Å². The molecule has 2 aromatic carbocycles. The number of hydrogen-bond donors (Lipinski definition) is 0. The van der Waals surface area contributed by atoms with Gasteiger partial charge in [-0.15, -0.1) is 0 Å². The highest BCUT2D eigenvalue weighted by atomic mass is 35.5. The third-order valence-corrected chi connectivity index (χ3v) is 5.24. The quantitative estimate of drug-likeness (QED) is 0.628. The van der Waals surface area contributed by atoms with Crippen molar-refractivity contribution in [2.75, 3.05) is 14.1 Å². The zero-order valence-electron chi connectivity index (χ0n) is 15.5. The summed E-state index contributed by atoms with van der Waals surface area (Å²) in [7, 11) is 4.09. The van der Waals surface area contributed by atoms with E-state index in [4.69, 9.17) is 33.2 Å². The van der Waals surface area contributed by atoms with Crippen LogP contribution in [0.25, 0.3) is 5.69 Å². The minimum Gasteiger partial charge on any atom is -0.302 e. The fraction of sp³-hybridized carbons (Fsp3) is 0.238. The lowest BCUT2D eigenvalue weighted by Crippen LogP contribution is -2.16. The molecule has 0 fully saturated rings. The second-order valence-electron chi connectivity index (χ2n) is 6.94. The van der Waals surface area contributed by atoms with Gasteiger partial charge in [0.2, 0.25) is 0 Å². The normalized spacial score (nSPS) is 13.2. The molecule has 0 saturated heterocycles. The van der Waals surface area contributed by atoms with Crippen molar-refractivity contribution in [3.63, 3.8) is 0 Å². The third kappa shape index (κ3) is 3.29. The van der Waals surface area contributed by atoms with Crippen LogP contribution >= 0.6 is 23.2 Å². The molecule has 0 spiro atoms. The monoisotopic (exact) mass is 398 g/mol. The van der Waals surface area contributed by atoms with E-state index in [0.717, 1.165) is 46.3 Å². The molecule has 0 N–H and O–H groups in total.